The third kappa shape index (κ3) is 3.80. The van der Waals surface area contributed by atoms with Crippen LogP contribution in [0.25, 0.3) is 0 Å². The summed E-state index contributed by atoms with van der Waals surface area (Å²) in [6.45, 7) is 5.87. The van der Waals surface area contributed by atoms with Crippen molar-refractivity contribution in [3.05, 3.63) is 65.5 Å². The molecule has 0 radical (unpaired) electrons. The number of hydrogen-bond acceptors (Lipinski definition) is 5. The molecule has 1 aliphatic rings. The van der Waals surface area contributed by atoms with E-state index in [1.54, 1.807) is 16.4 Å². The number of hydrazone groups is 1. The first-order chi connectivity index (χ1) is 13.5. The van der Waals surface area contributed by atoms with Crippen LogP contribution in [0.3, 0.4) is 0 Å². The van der Waals surface area contributed by atoms with Gasteiger partial charge in [-0.1, -0.05) is 30.0 Å². The zero-order valence-electron chi connectivity index (χ0n) is 16.0. The number of carbonyl (C=O) groups is 1. The monoisotopic (exact) mass is 391 g/mol. The topological polar surface area (TPSA) is 71.3 Å². The molecule has 2 heterocycles. The molecule has 0 unspecified atom stereocenters. The first kappa shape index (κ1) is 18.3. The third-order valence-electron chi connectivity index (χ3n) is 4.52. The molecule has 7 heteroatoms. The average molecular weight is 392 g/mol. The van der Waals surface area contributed by atoms with Crippen LogP contribution in [-0.2, 0) is 11.3 Å². The Morgan fingerprint density at radius 3 is 2.71 bits per heavy atom. The first-order valence-electron chi connectivity index (χ1n) is 9.02. The summed E-state index contributed by atoms with van der Waals surface area (Å²) in [5, 5.41) is 12.0. The van der Waals surface area contributed by atoms with E-state index in [0.717, 1.165) is 34.0 Å². The molecule has 1 amide bonds. The van der Waals surface area contributed by atoms with Gasteiger partial charge in [0.15, 0.2) is 0 Å². The molecule has 0 saturated heterocycles. The minimum atomic E-state index is -0.203. The van der Waals surface area contributed by atoms with Gasteiger partial charge in [0.25, 0.3) is 5.91 Å². The van der Waals surface area contributed by atoms with E-state index in [9.17, 15) is 4.79 Å². The second-order valence-corrected chi connectivity index (χ2v) is 7.83. The largest absolute Gasteiger partial charge is 0.354 e. The predicted octanol–water partition coefficient (Wildman–Crippen LogP) is 4.25. The van der Waals surface area contributed by atoms with Crippen molar-refractivity contribution in [1.29, 1.82) is 0 Å². The van der Waals surface area contributed by atoms with Crippen molar-refractivity contribution in [2.75, 3.05) is 5.32 Å². The Morgan fingerprint density at radius 2 is 1.93 bits per heavy atom. The number of rotatable bonds is 4. The van der Waals surface area contributed by atoms with E-state index in [1.807, 2.05) is 45.0 Å². The van der Waals surface area contributed by atoms with E-state index >= 15 is 0 Å². The number of benzene rings is 2. The minimum Gasteiger partial charge on any atom is -0.354 e. The lowest BCUT2D eigenvalue weighted by atomic mass is 10.1. The number of aromatic nitrogens is 2. The van der Waals surface area contributed by atoms with Crippen LogP contribution < -0.4 is 10.7 Å². The highest BCUT2D eigenvalue weighted by molar-refractivity contribution is 7.99. The van der Waals surface area contributed by atoms with Crippen molar-refractivity contribution in [1.82, 2.24) is 15.2 Å². The molecule has 1 aliphatic heterocycles. The van der Waals surface area contributed by atoms with Crippen LogP contribution in [0.4, 0.5) is 11.4 Å². The molecule has 0 atom stereocenters. The van der Waals surface area contributed by atoms with Gasteiger partial charge >= 0.3 is 0 Å². The second-order valence-electron chi connectivity index (χ2n) is 6.75. The van der Waals surface area contributed by atoms with Crippen molar-refractivity contribution in [2.45, 2.75) is 37.1 Å². The Kier molecular flexibility index (Phi) is 4.92. The SMILES string of the molecule is C/C(=N/NC(=O)Cn1nc(C)cc1C)c1ccc2c(c1)Nc1ccccc1S2. The fourth-order valence-corrected chi connectivity index (χ4v) is 4.05. The number of para-hydroxylation sites is 1. The van der Waals surface area contributed by atoms with Crippen LogP contribution in [0.2, 0.25) is 0 Å². The highest BCUT2D eigenvalue weighted by atomic mass is 32.2. The van der Waals surface area contributed by atoms with Crippen molar-refractivity contribution in [3.63, 3.8) is 0 Å². The smallest absolute Gasteiger partial charge is 0.261 e. The Labute approximate surface area is 168 Å². The summed E-state index contributed by atoms with van der Waals surface area (Å²) in [5.74, 6) is -0.203. The Bertz CT molecular complexity index is 1090. The van der Waals surface area contributed by atoms with Gasteiger partial charge in [0.1, 0.15) is 6.54 Å². The van der Waals surface area contributed by atoms with Crippen molar-refractivity contribution >= 4 is 34.8 Å². The zero-order chi connectivity index (χ0) is 19.7. The van der Waals surface area contributed by atoms with Gasteiger partial charge in [0, 0.05) is 15.5 Å². The van der Waals surface area contributed by atoms with Crippen LogP contribution in [0.15, 0.2) is 63.4 Å². The van der Waals surface area contributed by atoms with E-state index in [1.165, 1.54) is 9.79 Å². The van der Waals surface area contributed by atoms with Crippen molar-refractivity contribution in [3.8, 4) is 0 Å². The van der Waals surface area contributed by atoms with Gasteiger partial charge in [-0.3, -0.25) is 9.48 Å². The van der Waals surface area contributed by atoms with Crippen molar-refractivity contribution < 1.29 is 4.79 Å². The molecule has 142 valence electrons. The van der Waals surface area contributed by atoms with E-state index < -0.39 is 0 Å². The van der Waals surface area contributed by atoms with Gasteiger partial charge in [-0.2, -0.15) is 10.2 Å². The average Bonchev–Trinajstić information content (AvgIpc) is 3.00. The molecule has 3 aromatic rings. The van der Waals surface area contributed by atoms with Gasteiger partial charge in [0.05, 0.1) is 22.8 Å². The fraction of sp³-hybridized carbons (Fsp3) is 0.190. The standard InChI is InChI=1S/C21H21N5OS/c1-13-10-14(2)26(25-13)12-21(27)24-23-15(3)16-8-9-20-18(11-16)22-17-6-4-5-7-19(17)28-20/h4-11,22H,12H2,1-3H3,(H,24,27)/b23-15-. The number of hydrogen-bond donors (Lipinski definition) is 2. The molecule has 0 bridgehead atoms. The summed E-state index contributed by atoms with van der Waals surface area (Å²) in [5.41, 5.74) is 8.32. The quantitative estimate of drug-likeness (QED) is 0.403. The zero-order valence-corrected chi connectivity index (χ0v) is 16.8. The van der Waals surface area contributed by atoms with Gasteiger partial charge in [-0.15, -0.1) is 0 Å². The minimum absolute atomic E-state index is 0.148. The Hall–Kier alpha value is -3.06. The van der Waals surface area contributed by atoms with Crippen LogP contribution in [0.1, 0.15) is 23.9 Å². The molecule has 0 spiro atoms. The van der Waals surface area contributed by atoms with Crippen LogP contribution >= 0.6 is 11.8 Å². The molecule has 1 aromatic heterocycles. The summed E-state index contributed by atoms with van der Waals surface area (Å²) >= 11 is 1.74. The van der Waals surface area contributed by atoms with E-state index in [0.29, 0.717) is 0 Å². The Balaban J connectivity index is 1.46. The molecule has 0 saturated carbocycles. The summed E-state index contributed by atoms with van der Waals surface area (Å²) in [6, 6.07) is 16.3. The summed E-state index contributed by atoms with van der Waals surface area (Å²) < 4.78 is 1.67. The molecule has 4 rings (SSSR count). The third-order valence-corrected chi connectivity index (χ3v) is 5.67. The molecule has 2 aromatic carbocycles. The maximum atomic E-state index is 12.2. The lowest BCUT2D eigenvalue weighted by Gasteiger charge is -2.21. The van der Waals surface area contributed by atoms with E-state index in [-0.39, 0.29) is 12.5 Å². The molecule has 28 heavy (non-hydrogen) atoms. The number of nitrogens with zero attached hydrogens (tertiary/aromatic N) is 3. The number of anilines is 2. The van der Waals surface area contributed by atoms with Gasteiger partial charge in [-0.25, -0.2) is 5.43 Å². The molecular formula is C21H21N5OS. The normalized spacial score (nSPS) is 12.8. The van der Waals surface area contributed by atoms with Crippen LogP contribution in [0.5, 0.6) is 0 Å². The van der Waals surface area contributed by atoms with E-state index in [2.05, 4.69) is 45.2 Å². The summed E-state index contributed by atoms with van der Waals surface area (Å²) in [7, 11) is 0. The van der Waals surface area contributed by atoms with Crippen LogP contribution in [-0.4, -0.2) is 21.4 Å². The summed E-state index contributed by atoms with van der Waals surface area (Å²) in [4.78, 5) is 14.6. The highest BCUT2D eigenvalue weighted by Gasteiger charge is 2.16. The molecular weight excluding hydrogens is 370 g/mol. The fourth-order valence-electron chi connectivity index (χ4n) is 3.08. The first-order valence-corrected chi connectivity index (χ1v) is 9.84. The number of nitrogens with one attached hydrogen (secondary N) is 2. The summed E-state index contributed by atoms with van der Waals surface area (Å²) in [6.07, 6.45) is 0. The van der Waals surface area contributed by atoms with Crippen LogP contribution in [0, 0.1) is 13.8 Å². The molecule has 0 aliphatic carbocycles. The highest BCUT2D eigenvalue weighted by Crippen LogP contribution is 2.44. The van der Waals surface area contributed by atoms with Crippen molar-refractivity contribution in [2.24, 2.45) is 5.10 Å². The van der Waals surface area contributed by atoms with E-state index in [4.69, 9.17) is 0 Å². The molecule has 6 nitrogen and oxygen atoms in total. The number of amides is 1. The van der Waals surface area contributed by atoms with Gasteiger partial charge in [-0.05, 0) is 56.7 Å². The molecule has 2 N–H and O–H groups in total. The number of carbonyl (C=O) groups excluding carboxylic acids is 1. The van der Waals surface area contributed by atoms with Gasteiger partial charge in [0.2, 0.25) is 0 Å². The Morgan fingerprint density at radius 1 is 1.14 bits per heavy atom. The number of aryl methyl sites for hydroxylation is 2. The maximum Gasteiger partial charge on any atom is 0.261 e. The second kappa shape index (κ2) is 7.52. The lowest BCUT2D eigenvalue weighted by molar-refractivity contribution is -0.121. The maximum absolute atomic E-state index is 12.2. The predicted molar refractivity (Wildman–Crippen MR) is 112 cm³/mol. The van der Waals surface area contributed by atoms with Gasteiger partial charge < -0.3 is 5.32 Å². The number of fused-ring (bicyclic) bond motifs is 2. The lowest BCUT2D eigenvalue weighted by Crippen LogP contribution is -2.25. The molecule has 0 fully saturated rings.